The number of amides is 1. The van der Waals surface area contributed by atoms with Crippen molar-refractivity contribution in [3.63, 3.8) is 0 Å². The fourth-order valence-corrected chi connectivity index (χ4v) is 2.87. The van der Waals surface area contributed by atoms with Crippen molar-refractivity contribution in [2.75, 3.05) is 56.2 Å². The second kappa shape index (κ2) is 9.23. The summed E-state index contributed by atoms with van der Waals surface area (Å²) in [4.78, 5) is 16.6. The number of anilines is 2. The number of halogens is 3. The topological polar surface area (TPSA) is 44.8 Å². The number of benzene rings is 1. The van der Waals surface area contributed by atoms with Gasteiger partial charge in [-0.2, -0.15) is 13.2 Å². The molecule has 0 radical (unpaired) electrons. The number of likely N-dealkylation sites (N-methyl/N-ethyl adjacent to an activating group) is 1. The third-order valence-corrected chi connectivity index (χ3v) is 4.41. The summed E-state index contributed by atoms with van der Waals surface area (Å²) in [6.45, 7) is 7.53. The van der Waals surface area contributed by atoms with Gasteiger partial charge in [-0.15, -0.1) is 0 Å². The number of rotatable bonds is 7. The van der Waals surface area contributed by atoms with Crippen LogP contribution in [0.2, 0.25) is 0 Å². The third kappa shape index (κ3) is 6.49. The molecule has 1 aliphatic heterocycles. The zero-order chi connectivity index (χ0) is 19.2. The van der Waals surface area contributed by atoms with E-state index in [1.54, 1.807) is 0 Å². The van der Waals surface area contributed by atoms with Gasteiger partial charge in [0.05, 0.1) is 13.0 Å². The van der Waals surface area contributed by atoms with Crippen LogP contribution in [-0.2, 0) is 9.53 Å². The van der Waals surface area contributed by atoms with Crippen LogP contribution >= 0.6 is 0 Å². The van der Waals surface area contributed by atoms with Crippen molar-refractivity contribution < 1.29 is 22.7 Å². The number of nitrogens with one attached hydrogen (secondary N) is 1. The Bertz CT molecular complexity index is 600. The number of nitrogens with zero attached hydrogens (tertiary/aromatic N) is 2. The summed E-state index contributed by atoms with van der Waals surface area (Å²) in [7, 11) is 0. The summed E-state index contributed by atoms with van der Waals surface area (Å²) in [5, 5.41) is 2.73. The highest BCUT2D eigenvalue weighted by Crippen LogP contribution is 2.24. The number of carbonyl (C=O) groups excluding carboxylic acids is 1. The van der Waals surface area contributed by atoms with Crippen molar-refractivity contribution in [1.82, 2.24) is 4.90 Å². The molecular formula is C18H26F3N3O2. The lowest BCUT2D eigenvalue weighted by molar-refractivity contribution is -0.174. The Morgan fingerprint density at radius 2 is 1.92 bits per heavy atom. The van der Waals surface area contributed by atoms with Crippen LogP contribution in [0, 0.1) is 6.92 Å². The van der Waals surface area contributed by atoms with Gasteiger partial charge in [-0.3, -0.25) is 4.79 Å². The molecule has 2 rings (SSSR count). The minimum absolute atomic E-state index is 0.115. The molecule has 0 unspecified atom stereocenters. The molecule has 1 heterocycles. The van der Waals surface area contributed by atoms with E-state index in [0.717, 1.165) is 44.0 Å². The Morgan fingerprint density at radius 3 is 2.50 bits per heavy atom. The highest BCUT2D eigenvalue weighted by atomic mass is 19.4. The van der Waals surface area contributed by atoms with E-state index in [0.29, 0.717) is 5.69 Å². The molecule has 26 heavy (non-hydrogen) atoms. The van der Waals surface area contributed by atoms with Crippen LogP contribution in [0.4, 0.5) is 24.5 Å². The first-order chi connectivity index (χ1) is 12.3. The third-order valence-electron chi connectivity index (χ3n) is 4.41. The average Bonchev–Trinajstić information content (AvgIpc) is 2.60. The van der Waals surface area contributed by atoms with Gasteiger partial charge in [-0.1, -0.05) is 6.92 Å². The molecule has 1 aromatic rings. The van der Waals surface area contributed by atoms with Crippen LogP contribution in [0.25, 0.3) is 0 Å². The molecule has 0 spiro atoms. The Morgan fingerprint density at radius 1 is 1.23 bits per heavy atom. The summed E-state index contributed by atoms with van der Waals surface area (Å²) < 4.78 is 40.4. The number of ether oxygens (including phenoxy) is 1. The Balaban J connectivity index is 1.82. The molecule has 1 saturated heterocycles. The van der Waals surface area contributed by atoms with Crippen LogP contribution < -0.4 is 10.2 Å². The molecule has 5 nitrogen and oxygen atoms in total. The van der Waals surface area contributed by atoms with Crippen LogP contribution in [0.15, 0.2) is 18.2 Å². The highest BCUT2D eigenvalue weighted by Gasteiger charge is 2.27. The van der Waals surface area contributed by atoms with E-state index in [1.165, 1.54) is 0 Å². The zero-order valence-corrected chi connectivity index (χ0v) is 15.2. The first-order valence-electron chi connectivity index (χ1n) is 8.81. The highest BCUT2D eigenvalue weighted by molar-refractivity contribution is 5.91. The van der Waals surface area contributed by atoms with Crippen molar-refractivity contribution in [3.8, 4) is 0 Å². The number of carbonyl (C=O) groups is 1. The second-order valence-electron chi connectivity index (χ2n) is 6.39. The average molecular weight is 373 g/mol. The maximum absolute atomic E-state index is 12.0. The van der Waals surface area contributed by atoms with Gasteiger partial charge in [0.1, 0.15) is 6.61 Å². The van der Waals surface area contributed by atoms with Crippen molar-refractivity contribution in [3.05, 3.63) is 23.8 Å². The van der Waals surface area contributed by atoms with E-state index < -0.39 is 12.8 Å². The molecule has 0 aromatic heterocycles. The Hall–Kier alpha value is -1.80. The van der Waals surface area contributed by atoms with Crippen LogP contribution in [0.3, 0.4) is 0 Å². The van der Waals surface area contributed by atoms with Crippen LogP contribution in [-0.4, -0.2) is 62.9 Å². The summed E-state index contributed by atoms with van der Waals surface area (Å²) in [5.74, 6) is -0.361. The van der Waals surface area contributed by atoms with Crippen molar-refractivity contribution in [1.29, 1.82) is 0 Å². The minimum atomic E-state index is -4.37. The summed E-state index contributed by atoms with van der Waals surface area (Å²) in [5.41, 5.74) is 2.71. The van der Waals surface area contributed by atoms with Gasteiger partial charge < -0.3 is 19.9 Å². The van der Waals surface area contributed by atoms with Gasteiger partial charge in [-0.05, 0) is 37.2 Å². The van der Waals surface area contributed by atoms with Crippen LogP contribution in [0.1, 0.15) is 18.9 Å². The van der Waals surface area contributed by atoms with Gasteiger partial charge in [0, 0.05) is 37.6 Å². The maximum Gasteiger partial charge on any atom is 0.411 e. The summed E-state index contributed by atoms with van der Waals surface area (Å²) in [6.07, 6.45) is -4.48. The molecule has 1 N–H and O–H groups in total. The molecule has 0 aliphatic carbocycles. The smallest absolute Gasteiger partial charge is 0.372 e. The van der Waals surface area contributed by atoms with Gasteiger partial charge in [0.15, 0.2) is 0 Å². The number of hydrogen-bond acceptors (Lipinski definition) is 4. The quantitative estimate of drug-likeness (QED) is 0.747. The molecule has 146 valence electrons. The zero-order valence-electron chi connectivity index (χ0n) is 15.2. The molecule has 8 heteroatoms. The molecule has 1 aliphatic rings. The van der Waals surface area contributed by atoms with E-state index in [2.05, 4.69) is 26.8 Å². The molecule has 1 aromatic carbocycles. The predicted octanol–water partition coefficient (Wildman–Crippen LogP) is 3.04. The molecule has 1 fully saturated rings. The van der Waals surface area contributed by atoms with Gasteiger partial charge in [0.25, 0.3) is 0 Å². The van der Waals surface area contributed by atoms with E-state index in [4.69, 9.17) is 0 Å². The standard InChI is InChI=1S/C18H26F3N3O2/c1-3-23-7-9-24(10-8-23)15-4-5-16(14(2)12-15)22-17(25)6-11-26-13-18(19,20)21/h4-5,12H,3,6-11,13H2,1-2H3,(H,22,25). The minimum Gasteiger partial charge on any atom is -0.372 e. The lowest BCUT2D eigenvalue weighted by Crippen LogP contribution is -2.46. The van der Waals surface area contributed by atoms with Crippen LogP contribution in [0.5, 0.6) is 0 Å². The Labute approximate surface area is 152 Å². The lowest BCUT2D eigenvalue weighted by atomic mass is 10.1. The molecular weight excluding hydrogens is 347 g/mol. The maximum atomic E-state index is 12.0. The largest absolute Gasteiger partial charge is 0.411 e. The predicted molar refractivity (Wildman–Crippen MR) is 95.6 cm³/mol. The monoisotopic (exact) mass is 373 g/mol. The fourth-order valence-electron chi connectivity index (χ4n) is 2.87. The Kier molecular flexibility index (Phi) is 7.28. The number of aryl methyl sites for hydroxylation is 1. The SMILES string of the molecule is CCN1CCN(c2ccc(NC(=O)CCOCC(F)(F)F)c(C)c2)CC1. The van der Waals surface area contributed by atoms with Crippen molar-refractivity contribution >= 4 is 17.3 Å². The van der Waals surface area contributed by atoms with E-state index >= 15 is 0 Å². The number of piperazine rings is 1. The normalized spacial score (nSPS) is 16.0. The summed E-state index contributed by atoms with van der Waals surface area (Å²) in [6, 6.07) is 5.83. The lowest BCUT2D eigenvalue weighted by Gasteiger charge is -2.35. The molecule has 0 atom stereocenters. The molecule has 1 amide bonds. The molecule has 0 saturated carbocycles. The second-order valence-corrected chi connectivity index (χ2v) is 6.39. The van der Waals surface area contributed by atoms with E-state index in [1.807, 2.05) is 25.1 Å². The van der Waals surface area contributed by atoms with Crippen molar-refractivity contribution in [2.24, 2.45) is 0 Å². The van der Waals surface area contributed by atoms with E-state index in [-0.39, 0.29) is 18.9 Å². The number of hydrogen-bond donors (Lipinski definition) is 1. The first kappa shape index (κ1) is 20.5. The van der Waals surface area contributed by atoms with Crippen molar-refractivity contribution in [2.45, 2.75) is 26.4 Å². The summed E-state index contributed by atoms with van der Waals surface area (Å²) >= 11 is 0. The van der Waals surface area contributed by atoms with Gasteiger partial charge in [-0.25, -0.2) is 0 Å². The fraction of sp³-hybridized carbons (Fsp3) is 0.611. The molecule has 0 bridgehead atoms. The van der Waals surface area contributed by atoms with Gasteiger partial charge >= 0.3 is 6.18 Å². The first-order valence-corrected chi connectivity index (χ1v) is 8.81. The number of alkyl halides is 3. The van der Waals surface area contributed by atoms with Gasteiger partial charge in [0.2, 0.25) is 5.91 Å². The van der Waals surface area contributed by atoms with E-state index in [9.17, 15) is 18.0 Å².